The lowest BCUT2D eigenvalue weighted by Gasteiger charge is -2.25. The molecule has 1 aromatic rings. The maximum atomic E-state index is 12.1. The second kappa shape index (κ2) is 6.03. The summed E-state index contributed by atoms with van der Waals surface area (Å²) in [6.45, 7) is 2.21. The lowest BCUT2D eigenvalue weighted by atomic mass is 9.83. The summed E-state index contributed by atoms with van der Waals surface area (Å²) in [7, 11) is -3.45. The van der Waals surface area contributed by atoms with Gasteiger partial charge in [-0.1, -0.05) is 25.3 Å². The molecule has 1 saturated carbocycles. The summed E-state index contributed by atoms with van der Waals surface area (Å²) in [5.74, 6) is 0.689. The molecule has 0 amide bonds. The van der Waals surface area contributed by atoms with Gasteiger partial charge in [-0.3, -0.25) is 0 Å². The van der Waals surface area contributed by atoms with E-state index < -0.39 is 10.0 Å². The van der Waals surface area contributed by atoms with Crippen molar-refractivity contribution in [3.63, 3.8) is 0 Å². The third kappa shape index (κ3) is 3.55. The molecular weight excluding hydrogens is 262 g/mol. The van der Waals surface area contributed by atoms with Gasteiger partial charge < -0.3 is 5.11 Å². The van der Waals surface area contributed by atoms with Gasteiger partial charge in [0.15, 0.2) is 0 Å². The molecule has 2 N–H and O–H groups in total. The Balaban J connectivity index is 2.01. The van der Waals surface area contributed by atoms with Crippen LogP contribution in [0.15, 0.2) is 23.1 Å². The molecule has 4 nitrogen and oxygen atoms in total. The SMILES string of the molecule is Cc1ccc(S(=O)(=O)NCCC2CCC2)cc1CO. The smallest absolute Gasteiger partial charge is 0.240 e. The summed E-state index contributed by atoms with van der Waals surface area (Å²) in [6.07, 6.45) is 4.63. The molecule has 1 aliphatic rings. The molecule has 19 heavy (non-hydrogen) atoms. The van der Waals surface area contributed by atoms with E-state index in [9.17, 15) is 13.5 Å². The molecule has 0 bridgehead atoms. The fourth-order valence-electron chi connectivity index (χ4n) is 2.25. The van der Waals surface area contributed by atoms with E-state index in [0.29, 0.717) is 18.0 Å². The minimum absolute atomic E-state index is 0.142. The molecule has 0 unspecified atom stereocenters. The van der Waals surface area contributed by atoms with E-state index in [-0.39, 0.29) is 11.5 Å². The highest BCUT2D eigenvalue weighted by atomic mass is 32.2. The van der Waals surface area contributed by atoms with Crippen molar-refractivity contribution in [2.75, 3.05) is 6.54 Å². The zero-order valence-electron chi connectivity index (χ0n) is 11.2. The summed E-state index contributed by atoms with van der Waals surface area (Å²) in [4.78, 5) is 0.232. The van der Waals surface area contributed by atoms with Crippen molar-refractivity contribution < 1.29 is 13.5 Å². The fraction of sp³-hybridized carbons (Fsp3) is 0.571. The van der Waals surface area contributed by atoms with Gasteiger partial charge in [-0.2, -0.15) is 0 Å². The first kappa shape index (κ1) is 14.5. The van der Waals surface area contributed by atoms with Gasteiger partial charge in [0.1, 0.15) is 0 Å². The van der Waals surface area contributed by atoms with Crippen molar-refractivity contribution in [2.45, 2.75) is 44.1 Å². The van der Waals surface area contributed by atoms with Gasteiger partial charge in [0, 0.05) is 6.54 Å². The lowest BCUT2D eigenvalue weighted by molar-refractivity contribution is 0.280. The van der Waals surface area contributed by atoms with E-state index in [1.54, 1.807) is 18.2 Å². The predicted octanol–water partition coefficient (Wildman–Crippen LogP) is 1.96. The second-order valence-electron chi connectivity index (χ2n) is 5.23. The maximum absolute atomic E-state index is 12.1. The van der Waals surface area contributed by atoms with Crippen LogP contribution < -0.4 is 4.72 Å². The van der Waals surface area contributed by atoms with Crippen molar-refractivity contribution in [2.24, 2.45) is 5.92 Å². The van der Waals surface area contributed by atoms with E-state index >= 15 is 0 Å². The number of benzene rings is 1. The van der Waals surface area contributed by atoms with Crippen LogP contribution in [0.3, 0.4) is 0 Å². The van der Waals surface area contributed by atoms with E-state index in [1.165, 1.54) is 19.3 Å². The average molecular weight is 283 g/mol. The minimum atomic E-state index is -3.45. The number of rotatable bonds is 6. The highest BCUT2D eigenvalue weighted by Crippen LogP contribution is 2.28. The second-order valence-corrected chi connectivity index (χ2v) is 7.00. The van der Waals surface area contributed by atoms with Crippen LogP contribution in [0.5, 0.6) is 0 Å². The van der Waals surface area contributed by atoms with E-state index in [2.05, 4.69) is 4.72 Å². The van der Waals surface area contributed by atoms with Crippen molar-refractivity contribution in [3.05, 3.63) is 29.3 Å². The molecule has 0 saturated heterocycles. The molecule has 1 fully saturated rings. The van der Waals surface area contributed by atoms with Gasteiger partial charge in [0.05, 0.1) is 11.5 Å². The van der Waals surface area contributed by atoms with Crippen LogP contribution in [0.25, 0.3) is 0 Å². The van der Waals surface area contributed by atoms with E-state index in [1.807, 2.05) is 6.92 Å². The molecule has 0 aromatic heterocycles. The standard InChI is InChI=1S/C14H21NO3S/c1-11-5-6-14(9-13(11)10-16)19(17,18)15-8-7-12-3-2-4-12/h5-6,9,12,15-16H,2-4,7-8,10H2,1H3. The van der Waals surface area contributed by atoms with Crippen LogP contribution in [-0.2, 0) is 16.6 Å². The highest BCUT2D eigenvalue weighted by Gasteiger charge is 2.19. The Bertz CT molecular complexity index is 536. The van der Waals surface area contributed by atoms with Crippen molar-refractivity contribution in [1.29, 1.82) is 0 Å². The Morgan fingerprint density at radius 3 is 2.68 bits per heavy atom. The van der Waals surface area contributed by atoms with Gasteiger partial charge in [-0.05, 0) is 42.5 Å². The first-order valence-corrected chi connectivity index (χ1v) is 8.21. The number of nitrogens with one attached hydrogen (secondary N) is 1. The number of aryl methyl sites for hydroxylation is 1. The summed E-state index contributed by atoms with van der Waals surface area (Å²) in [6, 6.07) is 4.85. The molecule has 1 aromatic carbocycles. The highest BCUT2D eigenvalue weighted by molar-refractivity contribution is 7.89. The Hall–Kier alpha value is -0.910. The molecule has 5 heteroatoms. The lowest BCUT2D eigenvalue weighted by Crippen LogP contribution is -2.27. The topological polar surface area (TPSA) is 66.4 Å². The largest absolute Gasteiger partial charge is 0.392 e. The molecule has 0 aliphatic heterocycles. The van der Waals surface area contributed by atoms with Crippen LogP contribution in [-0.4, -0.2) is 20.1 Å². The normalized spacial score (nSPS) is 16.3. The van der Waals surface area contributed by atoms with Crippen LogP contribution in [0, 0.1) is 12.8 Å². The molecule has 106 valence electrons. The number of hydrogen-bond acceptors (Lipinski definition) is 3. The van der Waals surface area contributed by atoms with Crippen LogP contribution >= 0.6 is 0 Å². The Morgan fingerprint density at radius 1 is 1.37 bits per heavy atom. The number of aliphatic hydroxyl groups is 1. The van der Waals surface area contributed by atoms with Crippen LogP contribution in [0.4, 0.5) is 0 Å². The molecule has 0 atom stereocenters. The third-order valence-electron chi connectivity index (χ3n) is 3.87. The molecule has 2 rings (SSSR count). The zero-order chi connectivity index (χ0) is 13.9. The number of hydrogen-bond donors (Lipinski definition) is 2. The molecule has 0 heterocycles. The molecule has 1 aliphatic carbocycles. The third-order valence-corrected chi connectivity index (χ3v) is 5.33. The Morgan fingerprint density at radius 2 is 2.11 bits per heavy atom. The Labute approximate surface area is 114 Å². The fourth-order valence-corrected chi connectivity index (χ4v) is 3.35. The van der Waals surface area contributed by atoms with Crippen molar-refractivity contribution in [3.8, 4) is 0 Å². The van der Waals surface area contributed by atoms with Gasteiger partial charge in [-0.15, -0.1) is 0 Å². The maximum Gasteiger partial charge on any atom is 0.240 e. The van der Waals surface area contributed by atoms with Crippen molar-refractivity contribution in [1.82, 2.24) is 4.72 Å². The van der Waals surface area contributed by atoms with Gasteiger partial charge in [0.25, 0.3) is 0 Å². The zero-order valence-corrected chi connectivity index (χ0v) is 12.0. The summed E-state index contributed by atoms with van der Waals surface area (Å²) in [5.41, 5.74) is 1.55. The van der Waals surface area contributed by atoms with Crippen LogP contribution in [0.1, 0.15) is 36.8 Å². The Kier molecular flexibility index (Phi) is 4.60. The number of sulfonamides is 1. The number of aliphatic hydroxyl groups excluding tert-OH is 1. The van der Waals surface area contributed by atoms with E-state index in [0.717, 1.165) is 12.0 Å². The molecule has 0 radical (unpaired) electrons. The van der Waals surface area contributed by atoms with Crippen LogP contribution in [0.2, 0.25) is 0 Å². The average Bonchev–Trinajstić information content (AvgIpc) is 2.32. The van der Waals surface area contributed by atoms with Gasteiger partial charge in [0.2, 0.25) is 10.0 Å². The first-order valence-electron chi connectivity index (χ1n) is 6.73. The van der Waals surface area contributed by atoms with Crippen molar-refractivity contribution >= 4 is 10.0 Å². The molecular formula is C14H21NO3S. The molecule has 0 spiro atoms. The first-order chi connectivity index (χ1) is 9.03. The predicted molar refractivity (Wildman–Crippen MR) is 74.2 cm³/mol. The summed E-state index contributed by atoms with van der Waals surface area (Å²) < 4.78 is 26.8. The monoisotopic (exact) mass is 283 g/mol. The van der Waals surface area contributed by atoms with Gasteiger partial charge in [-0.25, -0.2) is 13.1 Å². The van der Waals surface area contributed by atoms with E-state index in [4.69, 9.17) is 0 Å². The van der Waals surface area contributed by atoms with Gasteiger partial charge >= 0.3 is 0 Å². The summed E-state index contributed by atoms with van der Waals surface area (Å²) >= 11 is 0. The quantitative estimate of drug-likeness (QED) is 0.838. The minimum Gasteiger partial charge on any atom is -0.392 e. The summed E-state index contributed by atoms with van der Waals surface area (Å²) in [5, 5.41) is 9.18.